The molecular formula is C25H37N7O4. The quantitative estimate of drug-likeness (QED) is 0.431. The van der Waals surface area contributed by atoms with Crippen molar-refractivity contribution in [1.29, 1.82) is 0 Å². The second-order valence-electron chi connectivity index (χ2n) is 10.0. The number of amides is 3. The molecule has 0 bridgehead atoms. The number of hydrogen-bond acceptors (Lipinski definition) is 8. The van der Waals surface area contributed by atoms with Gasteiger partial charge in [-0.2, -0.15) is 0 Å². The first-order chi connectivity index (χ1) is 17.0. The number of carbonyl (C=O) groups is 3. The fraction of sp³-hybridized carbons (Fsp3) is 0.560. The number of nitrogens with zero attached hydrogens (tertiary/aromatic N) is 3. The predicted octanol–water partition coefficient (Wildman–Crippen LogP) is 1.75. The minimum absolute atomic E-state index is 0.269. The van der Waals surface area contributed by atoms with E-state index < -0.39 is 23.5 Å². The largest absolute Gasteiger partial charge is 0.494 e. The lowest BCUT2D eigenvalue weighted by molar-refractivity contribution is -0.143. The molecule has 3 amide bonds. The molecule has 0 spiro atoms. The molecule has 1 aliphatic rings. The number of ether oxygens (including phenoxy) is 1. The Bertz CT molecular complexity index is 1130. The van der Waals surface area contributed by atoms with Crippen molar-refractivity contribution in [2.24, 2.45) is 5.41 Å². The van der Waals surface area contributed by atoms with Gasteiger partial charge in [-0.3, -0.25) is 14.4 Å². The van der Waals surface area contributed by atoms with E-state index in [0.29, 0.717) is 42.2 Å². The summed E-state index contributed by atoms with van der Waals surface area (Å²) in [5, 5.41) is 12.5. The number of hydrogen-bond donors (Lipinski definition) is 4. The highest BCUT2D eigenvalue weighted by Gasteiger charge is 2.42. The standard InChI is InChI=1S/C25H37N7O4/c1-14(26-5)22(33)31-20(25(2,3)4)24(35)32-10-8-9-18(32)23(34)30-17-11-15-16(12-19(17)36-7)28-13-29-21(15)27-6/h11-14,18,20,26H,8-10H2,1-7H3,(H,30,34)(H,31,33)(H,27,28,29). The topological polar surface area (TPSA) is 138 Å². The van der Waals surface area contributed by atoms with Crippen molar-refractivity contribution in [3.63, 3.8) is 0 Å². The number of nitrogens with one attached hydrogen (secondary N) is 4. The average molecular weight is 500 g/mol. The van der Waals surface area contributed by atoms with Crippen LogP contribution < -0.4 is 26.0 Å². The van der Waals surface area contributed by atoms with E-state index in [9.17, 15) is 14.4 Å². The normalized spacial score (nSPS) is 17.4. The molecule has 2 heterocycles. The highest BCUT2D eigenvalue weighted by Crippen LogP contribution is 2.33. The Morgan fingerprint density at radius 2 is 1.89 bits per heavy atom. The number of likely N-dealkylation sites (N-methyl/N-ethyl adjacent to an activating group) is 1. The number of carbonyl (C=O) groups excluding carboxylic acids is 3. The summed E-state index contributed by atoms with van der Waals surface area (Å²) in [4.78, 5) is 49.8. The molecule has 0 aliphatic carbocycles. The van der Waals surface area contributed by atoms with E-state index in [1.54, 1.807) is 38.1 Å². The SMILES string of the molecule is CNc1ncnc2cc(OC)c(NC(=O)C3CCCN3C(=O)C(NC(=O)C(C)NC)C(C)(C)C)cc12. The summed E-state index contributed by atoms with van der Waals surface area (Å²) in [5.74, 6) is 0.218. The van der Waals surface area contributed by atoms with Crippen LogP contribution in [0.25, 0.3) is 10.9 Å². The summed E-state index contributed by atoms with van der Waals surface area (Å²) in [6, 6.07) is 1.60. The van der Waals surface area contributed by atoms with Crippen LogP contribution in [-0.4, -0.2) is 78.5 Å². The Labute approximate surface area is 211 Å². The maximum absolute atomic E-state index is 13.6. The van der Waals surface area contributed by atoms with Gasteiger partial charge >= 0.3 is 0 Å². The monoisotopic (exact) mass is 499 g/mol. The maximum Gasteiger partial charge on any atom is 0.247 e. The first-order valence-corrected chi connectivity index (χ1v) is 12.1. The lowest BCUT2D eigenvalue weighted by Gasteiger charge is -2.36. The van der Waals surface area contributed by atoms with Crippen LogP contribution in [0.4, 0.5) is 11.5 Å². The molecule has 11 heteroatoms. The van der Waals surface area contributed by atoms with Gasteiger partial charge in [0.15, 0.2) is 0 Å². The minimum atomic E-state index is -0.778. The Kier molecular flexibility index (Phi) is 8.34. The van der Waals surface area contributed by atoms with Crippen LogP contribution in [0.1, 0.15) is 40.5 Å². The van der Waals surface area contributed by atoms with Crippen LogP contribution >= 0.6 is 0 Å². The predicted molar refractivity (Wildman–Crippen MR) is 139 cm³/mol. The Balaban J connectivity index is 1.86. The van der Waals surface area contributed by atoms with Gasteiger partial charge in [0.1, 0.15) is 30.0 Å². The second kappa shape index (κ2) is 11.1. The fourth-order valence-corrected chi connectivity index (χ4v) is 4.28. The summed E-state index contributed by atoms with van der Waals surface area (Å²) >= 11 is 0. The van der Waals surface area contributed by atoms with E-state index >= 15 is 0 Å². The van der Waals surface area contributed by atoms with Gasteiger partial charge in [-0.25, -0.2) is 9.97 Å². The van der Waals surface area contributed by atoms with Gasteiger partial charge in [0.05, 0.1) is 24.4 Å². The summed E-state index contributed by atoms with van der Waals surface area (Å²) in [6.07, 6.45) is 2.67. The summed E-state index contributed by atoms with van der Waals surface area (Å²) in [7, 11) is 4.96. The van der Waals surface area contributed by atoms with Crippen LogP contribution in [0.5, 0.6) is 5.75 Å². The smallest absolute Gasteiger partial charge is 0.247 e. The van der Waals surface area contributed by atoms with Gasteiger partial charge in [-0.15, -0.1) is 0 Å². The van der Waals surface area contributed by atoms with Crippen molar-refractivity contribution in [3.05, 3.63) is 18.5 Å². The van der Waals surface area contributed by atoms with Gasteiger partial charge in [0, 0.05) is 25.0 Å². The first-order valence-electron chi connectivity index (χ1n) is 12.1. The summed E-state index contributed by atoms with van der Waals surface area (Å²) in [6.45, 7) is 7.85. The molecule has 1 fully saturated rings. The molecule has 36 heavy (non-hydrogen) atoms. The molecule has 2 aromatic rings. The zero-order valence-corrected chi connectivity index (χ0v) is 22.1. The number of rotatable bonds is 8. The summed E-state index contributed by atoms with van der Waals surface area (Å²) < 4.78 is 5.49. The Hall–Kier alpha value is -3.47. The third-order valence-electron chi connectivity index (χ3n) is 6.52. The van der Waals surface area contributed by atoms with Crippen molar-refractivity contribution >= 4 is 40.1 Å². The number of fused-ring (bicyclic) bond motifs is 1. The molecule has 3 rings (SSSR count). The van der Waals surface area contributed by atoms with Crippen molar-refractivity contribution in [2.75, 3.05) is 38.4 Å². The Morgan fingerprint density at radius 1 is 1.17 bits per heavy atom. The van der Waals surface area contributed by atoms with Crippen LogP contribution in [0, 0.1) is 5.41 Å². The van der Waals surface area contributed by atoms with Crippen LogP contribution in [0.15, 0.2) is 18.5 Å². The van der Waals surface area contributed by atoms with Crippen molar-refractivity contribution < 1.29 is 19.1 Å². The van der Waals surface area contributed by atoms with Crippen LogP contribution in [0.3, 0.4) is 0 Å². The number of aromatic nitrogens is 2. The van der Waals surface area contributed by atoms with Crippen LogP contribution in [-0.2, 0) is 14.4 Å². The summed E-state index contributed by atoms with van der Waals surface area (Å²) in [5.41, 5.74) is 0.583. The van der Waals surface area contributed by atoms with E-state index in [-0.39, 0.29) is 17.7 Å². The lowest BCUT2D eigenvalue weighted by Crippen LogP contribution is -2.59. The molecule has 3 atom stereocenters. The third kappa shape index (κ3) is 5.67. The second-order valence-corrected chi connectivity index (χ2v) is 10.0. The Morgan fingerprint density at radius 3 is 2.50 bits per heavy atom. The molecule has 0 radical (unpaired) electrons. The van der Waals surface area contributed by atoms with E-state index in [1.807, 2.05) is 20.8 Å². The minimum Gasteiger partial charge on any atom is -0.494 e. The fourth-order valence-electron chi connectivity index (χ4n) is 4.28. The molecule has 1 saturated heterocycles. The number of methoxy groups -OCH3 is 1. The first kappa shape index (κ1) is 27.1. The lowest BCUT2D eigenvalue weighted by atomic mass is 9.85. The highest BCUT2D eigenvalue weighted by atomic mass is 16.5. The van der Waals surface area contributed by atoms with E-state index in [4.69, 9.17) is 4.74 Å². The zero-order chi connectivity index (χ0) is 26.6. The van der Waals surface area contributed by atoms with Gasteiger partial charge in [0.2, 0.25) is 17.7 Å². The van der Waals surface area contributed by atoms with Crippen molar-refractivity contribution in [3.8, 4) is 5.75 Å². The average Bonchev–Trinajstić information content (AvgIpc) is 3.35. The number of benzene rings is 1. The van der Waals surface area contributed by atoms with Gasteiger partial charge in [-0.1, -0.05) is 20.8 Å². The van der Waals surface area contributed by atoms with Gasteiger partial charge in [0.25, 0.3) is 0 Å². The molecule has 1 aliphatic heterocycles. The zero-order valence-electron chi connectivity index (χ0n) is 22.1. The van der Waals surface area contributed by atoms with Gasteiger partial charge in [-0.05, 0) is 38.3 Å². The highest BCUT2D eigenvalue weighted by molar-refractivity contribution is 6.02. The molecule has 0 saturated carbocycles. The molecule has 11 nitrogen and oxygen atoms in total. The molecular weight excluding hydrogens is 462 g/mol. The van der Waals surface area contributed by atoms with E-state index in [2.05, 4.69) is 31.2 Å². The maximum atomic E-state index is 13.6. The number of likely N-dealkylation sites (tertiary alicyclic amines) is 1. The molecule has 3 unspecified atom stereocenters. The molecule has 4 N–H and O–H groups in total. The molecule has 1 aromatic heterocycles. The van der Waals surface area contributed by atoms with Crippen molar-refractivity contribution in [2.45, 2.75) is 58.7 Å². The molecule has 196 valence electrons. The van der Waals surface area contributed by atoms with E-state index in [1.165, 1.54) is 13.4 Å². The van der Waals surface area contributed by atoms with Crippen molar-refractivity contribution in [1.82, 2.24) is 25.5 Å². The third-order valence-corrected chi connectivity index (χ3v) is 6.52. The van der Waals surface area contributed by atoms with E-state index in [0.717, 1.165) is 5.39 Å². The molecule has 1 aromatic carbocycles. The number of anilines is 2. The van der Waals surface area contributed by atoms with Gasteiger partial charge < -0.3 is 30.9 Å². The van der Waals surface area contributed by atoms with Crippen LogP contribution in [0.2, 0.25) is 0 Å².